The van der Waals surface area contributed by atoms with Gasteiger partial charge in [-0.1, -0.05) is 30.7 Å². The topological polar surface area (TPSA) is 120 Å². The first kappa shape index (κ1) is 24.7. The molecule has 0 unspecified atom stereocenters. The van der Waals surface area contributed by atoms with Crippen LogP contribution >= 0.6 is 0 Å². The van der Waals surface area contributed by atoms with Crippen LogP contribution in [0.15, 0.2) is 58.4 Å². The lowest BCUT2D eigenvalue weighted by Crippen LogP contribution is -2.32. The normalized spacial score (nSPS) is 17.1. The Morgan fingerprint density at radius 3 is 2.63 bits per heavy atom. The van der Waals surface area contributed by atoms with Crippen LogP contribution in [0.4, 0.5) is 10.5 Å². The van der Waals surface area contributed by atoms with Crippen LogP contribution in [-0.4, -0.2) is 50.7 Å². The molecule has 9 nitrogen and oxygen atoms in total. The minimum Gasteiger partial charge on any atom is -0.352 e. The number of hydrogen-bond acceptors (Lipinski definition) is 5. The molecule has 2 aliphatic rings. The maximum atomic E-state index is 12.2. The summed E-state index contributed by atoms with van der Waals surface area (Å²) in [5.74, 6) is 0.359. The van der Waals surface area contributed by atoms with Crippen molar-refractivity contribution in [2.75, 3.05) is 25.0 Å². The summed E-state index contributed by atoms with van der Waals surface area (Å²) in [5, 5.41) is 5.85. The van der Waals surface area contributed by atoms with E-state index in [1.54, 1.807) is 24.3 Å². The molecule has 4 rings (SSSR count). The van der Waals surface area contributed by atoms with Gasteiger partial charge in [0.15, 0.2) is 0 Å². The fraction of sp³-hybridized carbons (Fsp3) is 0.400. The quantitative estimate of drug-likeness (QED) is 0.461. The van der Waals surface area contributed by atoms with Gasteiger partial charge in [-0.15, -0.1) is 0 Å². The third kappa shape index (κ3) is 6.60. The van der Waals surface area contributed by atoms with Gasteiger partial charge in [0.25, 0.3) is 10.0 Å². The minimum atomic E-state index is -3.51. The summed E-state index contributed by atoms with van der Waals surface area (Å²) in [6, 6.07) is 14.2. The first-order chi connectivity index (χ1) is 16.9. The number of hydrogen-bond donors (Lipinski definition) is 3. The van der Waals surface area contributed by atoms with Crippen LogP contribution in [0.1, 0.15) is 49.7 Å². The monoisotopic (exact) mass is 497 g/mol. The number of fused-ring (bicyclic) bond motifs is 1. The molecule has 10 heteroatoms. The van der Waals surface area contributed by atoms with Gasteiger partial charge in [-0.05, 0) is 55.5 Å². The van der Waals surface area contributed by atoms with Crippen LogP contribution in [0.25, 0.3) is 0 Å². The number of carbonyl (C=O) groups is 2. The molecule has 0 bridgehead atoms. The number of amidine groups is 1. The first-order valence-electron chi connectivity index (χ1n) is 12.0. The van der Waals surface area contributed by atoms with Crippen molar-refractivity contribution >= 4 is 33.5 Å². The van der Waals surface area contributed by atoms with Gasteiger partial charge in [-0.25, -0.2) is 13.2 Å². The first-order valence-corrected chi connectivity index (χ1v) is 13.5. The Hall–Kier alpha value is -3.40. The molecular formula is C25H31N5O4S. The second kappa shape index (κ2) is 11.4. The van der Waals surface area contributed by atoms with Gasteiger partial charge in [0.1, 0.15) is 5.84 Å². The summed E-state index contributed by atoms with van der Waals surface area (Å²) in [6.07, 6.45) is 4.81. The highest BCUT2D eigenvalue weighted by Crippen LogP contribution is 2.22. The van der Waals surface area contributed by atoms with Gasteiger partial charge in [-0.3, -0.25) is 14.5 Å². The van der Waals surface area contributed by atoms with Crippen LogP contribution in [0.2, 0.25) is 0 Å². The molecule has 0 spiro atoms. The van der Waals surface area contributed by atoms with Crippen LogP contribution in [0.5, 0.6) is 0 Å². The molecule has 0 aromatic heterocycles. The summed E-state index contributed by atoms with van der Waals surface area (Å²) in [6.45, 7) is 2.48. The SMILES string of the molecule is O=C(CCCCCN=C1NS(=O)(=O)c2ccccc21)NCc1cccc(NC(=O)N2CCCC2)c1. The summed E-state index contributed by atoms with van der Waals surface area (Å²) in [7, 11) is -3.51. The predicted molar refractivity (Wildman–Crippen MR) is 135 cm³/mol. The van der Waals surface area contributed by atoms with Gasteiger partial charge in [-0.2, -0.15) is 0 Å². The molecule has 0 radical (unpaired) electrons. The number of sulfonamides is 1. The Balaban J connectivity index is 1.14. The summed E-state index contributed by atoms with van der Waals surface area (Å²) in [4.78, 5) is 30.9. The highest BCUT2D eigenvalue weighted by atomic mass is 32.2. The number of nitrogens with one attached hydrogen (secondary N) is 3. The predicted octanol–water partition coefficient (Wildman–Crippen LogP) is 3.23. The van der Waals surface area contributed by atoms with Crippen molar-refractivity contribution in [2.24, 2.45) is 4.99 Å². The molecule has 0 aliphatic carbocycles. The van der Waals surface area contributed by atoms with Gasteiger partial charge >= 0.3 is 6.03 Å². The lowest BCUT2D eigenvalue weighted by molar-refractivity contribution is -0.121. The molecule has 2 aromatic carbocycles. The molecule has 2 aromatic rings. The maximum absolute atomic E-state index is 12.2. The van der Waals surface area contributed by atoms with E-state index in [0.717, 1.165) is 56.4 Å². The van der Waals surface area contributed by atoms with Gasteiger partial charge < -0.3 is 15.5 Å². The fourth-order valence-corrected chi connectivity index (χ4v) is 5.44. The molecule has 186 valence electrons. The van der Waals surface area contributed by atoms with Gasteiger partial charge in [0.2, 0.25) is 5.91 Å². The lowest BCUT2D eigenvalue weighted by Gasteiger charge is -2.16. The van der Waals surface area contributed by atoms with Crippen molar-refractivity contribution in [2.45, 2.75) is 50.0 Å². The maximum Gasteiger partial charge on any atom is 0.321 e. The molecule has 0 saturated carbocycles. The summed E-state index contributed by atoms with van der Waals surface area (Å²) in [5.41, 5.74) is 2.25. The third-order valence-electron chi connectivity index (χ3n) is 6.06. The largest absolute Gasteiger partial charge is 0.352 e. The average Bonchev–Trinajstić information content (AvgIpc) is 3.47. The van der Waals surface area contributed by atoms with Crippen LogP contribution in [0, 0.1) is 0 Å². The number of benzene rings is 2. The van der Waals surface area contributed by atoms with E-state index in [1.165, 1.54) is 0 Å². The number of rotatable bonds is 9. The number of nitrogens with zero attached hydrogens (tertiary/aromatic N) is 2. The van der Waals surface area contributed by atoms with Crippen molar-refractivity contribution in [3.8, 4) is 0 Å². The molecule has 1 fully saturated rings. The summed E-state index contributed by atoms with van der Waals surface area (Å²) < 4.78 is 26.7. The zero-order chi connectivity index (χ0) is 24.7. The highest BCUT2D eigenvalue weighted by molar-refractivity contribution is 7.90. The Morgan fingerprint density at radius 2 is 1.80 bits per heavy atom. The Morgan fingerprint density at radius 1 is 1.00 bits per heavy atom. The van der Waals surface area contributed by atoms with E-state index in [1.807, 2.05) is 29.2 Å². The van der Waals surface area contributed by atoms with Crippen LogP contribution in [-0.2, 0) is 21.4 Å². The molecule has 2 aliphatic heterocycles. The molecule has 35 heavy (non-hydrogen) atoms. The molecule has 2 heterocycles. The van der Waals surface area contributed by atoms with E-state index in [9.17, 15) is 18.0 Å². The second-order valence-electron chi connectivity index (χ2n) is 8.74. The Kier molecular flexibility index (Phi) is 8.02. The number of unbranched alkanes of at least 4 members (excludes halogenated alkanes) is 2. The molecule has 0 atom stereocenters. The number of anilines is 1. The number of urea groups is 1. The molecule has 3 N–H and O–H groups in total. The third-order valence-corrected chi connectivity index (χ3v) is 7.45. The smallest absolute Gasteiger partial charge is 0.321 e. The zero-order valence-electron chi connectivity index (χ0n) is 19.6. The van der Waals surface area contributed by atoms with E-state index >= 15 is 0 Å². The number of likely N-dealkylation sites (tertiary alicyclic amines) is 1. The van der Waals surface area contributed by atoms with Crippen molar-refractivity contribution < 1.29 is 18.0 Å². The van der Waals surface area contributed by atoms with Crippen LogP contribution in [0.3, 0.4) is 0 Å². The Labute approximate surface area is 206 Å². The van der Waals surface area contributed by atoms with E-state index in [0.29, 0.717) is 30.9 Å². The van der Waals surface area contributed by atoms with E-state index in [2.05, 4.69) is 20.3 Å². The molecule has 1 saturated heterocycles. The summed E-state index contributed by atoms with van der Waals surface area (Å²) >= 11 is 0. The van der Waals surface area contributed by atoms with E-state index in [4.69, 9.17) is 0 Å². The van der Waals surface area contributed by atoms with Gasteiger partial charge in [0.05, 0.1) is 4.90 Å². The second-order valence-corrected chi connectivity index (χ2v) is 10.4. The fourth-order valence-electron chi connectivity index (χ4n) is 4.19. The van der Waals surface area contributed by atoms with Gasteiger partial charge in [0, 0.05) is 43.9 Å². The molecular weight excluding hydrogens is 466 g/mol. The van der Waals surface area contributed by atoms with Crippen molar-refractivity contribution in [1.82, 2.24) is 14.9 Å². The van der Waals surface area contributed by atoms with Crippen molar-refractivity contribution in [3.63, 3.8) is 0 Å². The Bertz CT molecular complexity index is 1210. The standard InChI is InChI=1S/C25H31N5O4S/c31-23(27-18-19-9-8-10-20(17-19)28-25(32)30-15-6-7-16-30)13-2-1-5-14-26-24-21-11-3-4-12-22(21)35(33,34)29-24/h3-4,8-12,17H,1-2,5-7,13-16,18H2,(H,26,29)(H,27,31)(H,28,32). The minimum absolute atomic E-state index is 0.0275. The number of amides is 3. The zero-order valence-corrected chi connectivity index (χ0v) is 20.4. The average molecular weight is 498 g/mol. The van der Waals surface area contributed by atoms with Crippen molar-refractivity contribution in [3.05, 3.63) is 59.7 Å². The highest BCUT2D eigenvalue weighted by Gasteiger charge is 2.29. The lowest BCUT2D eigenvalue weighted by atomic mass is 10.1. The number of carbonyl (C=O) groups excluding carboxylic acids is 2. The molecule has 3 amide bonds. The van der Waals surface area contributed by atoms with Crippen molar-refractivity contribution in [1.29, 1.82) is 0 Å². The number of aliphatic imine (C=N–C) groups is 1. The van der Waals surface area contributed by atoms with E-state index < -0.39 is 10.0 Å². The van der Waals surface area contributed by atoms with Crippen LogP contribution < -0.4 is 15.4 Å². The van der Waals surface area contributed by atoms with E-state index in [-0.39, 0.29) is 16.8 Å².